The van der Waals surface area contributed by atoms with Gasteiger partial charge in [-0.3, -0.25) is 15.1 Å². The van der Waals surface area contributed by atoms with Crippen molar-refractivity contribution in [3.8, 4) is 0 Å². The van der Waals surface area contributed by atoms with E-state index in [1.807, 2.05) is 24.4 Å². The summed E-state index contributed by atoms with van der Waals surface area (Å²) in [6.07, 6.45) is 2.79. The molecule has 3 aromatic rings. The Balaban J connectivity index is 1.44. The zero-order valence-corrected chi connectivity index (χ0v) is 17.8. The summed E-state index contributed by atoms with van der Waals surface area (Å²) in [7, 11) is -2.21. The zero-order valence-electron chi connectivity index (χ0n) is 17.0. The van der Waals surface area contributed by atoms with Crippen molar-refractivity contribution >= 4 is 32.6 Å². The van der Waals surface area contributed by atoms with Crippen molar-refractivity contribution in [1.82, 2.24) is 20.3 Å². The van der Waals surface area contributed by atoms with E-state index >= 15 is 0 Å². The predicted molar refractivity (Wildman–Crippen MR) is 120 cm³/mol. The monoisotopic (exact) mass is 444 g/mol. The Kier molecular flexibility index (Phi) is 7.21. The third-order valence-corrected chi connectivity index (χ3v) is 6.09. The van der Waals surface area contributed by atoms with E-state index < -0.39 is 14.9 Å². The van der Waals surface area contributed by atoms with Gasteiger partial charge in [-0.1, -0.05) is 24.3 Å². The second-order valence-electron chi connectivity index (χ2n) is 6.69. The number of non-ortho nitro benzene ring substituents is 1. The van der Waals surface area contributed by atoms with E-state index in [2.05, 4.69) is 31.4 Å². The van der Waals surface area contributed by atoms with Crippen LogP contribution in [-0.2, 0) is 16.4 Å². The van der Waals surface area contributed by atoms with E-state index in [0.29, 0.717) is 19.0 Å². The lowest BCUT2D eigenvalue weighted by molar-refractivity contribution is -0.385. The summed E-state index contributed by atoms with van der Waals surface area (Å²) in [5.41, 5.74) is 2.01. The number of rotatable bonds is 9. The Bertz CT molecular complexity index is 1190. The van der Waals surface area contributed by atoms with Crippen molar-refractivity contribution in [1.29, 1.82) is 0 Å². The molecule has 0 bridgehead atoms. The molecular weight excluding hydrogens is 420 g/mol. The fourth-order valence-electron chi connectivity index (χ4n) is 3.09. The number of aromatic amines is 1. The molecule has 0 radical (unpaired) electrons. The number of benzene rings is 2. The van der Waals surface area contributed by atoms with Crippen LogP contribution in [0.4, 0.5) is 5.69 Å². The molecule has 11 heteroatoms. The average molecular weight is 445 g/mol. The third-order valence-electron chi connectivity index (χ3n) is 4.63. The van der Waals surface area contributed by atoms with E-state index in [9.17, 15) is 18.5 Å². The summed E-state index contributed by atoms with van der Waals surface area (Å²) >= 11 is 0. The molecule has 0 atom stereocenters. The van der Waals surface area contributed by atoms with Crippen molar-refractivity contribution in [2.75, 3.05) is 26.7 Å². The first-order valence-corrected chi connectivity index (χ1v) is 11.1. The first kappa shape index (κ1) is 22.2. The third kappa shape index (κ3) is 5.80. The highest BCUT2D eigenvalue weighted by molar-refractivity contribution is 7.89. The molecule has 0 saturated heterocycles. The van der Waals surface area contributed by atoms with Crippen molar-refractivity contribution < 1.29 is 13.3 Å². The number of aromatic nitrogens is 1. The summed E-state index contributed by atoms with van der Waals surface area (Å²) < 4.78 is 27.1. The molecule has 0 spiro atoms. The molecule has 0 aliphatic heterocycles. The molecule has 0 aliphatic carbocycles. The van der Waals surface area contributed by atoms with Gasteiger partial charge in [-0.2, -0.15) is 0 Å². The van der Waals surface area contributed by atoms with Crippen LogP contribution < -0.4 is 15.4 Å². The number of hydrogen-bond donors (Lipinski definition) is 4. The number of para-hydroxylation sites is 1. The van der Waals surface area contributed by atoms with Crippen LogP contribution in [0.25, 0.3) is 10.9 Å². The van der Waals surface area contributed by atoms with Crippen LogP contribution >= 0.6 is 0 Å². The fourth-order valence-corrected chi connectivity index (χ4v) is 4.16. The standard InChI is InChI=1S/C20H24N6O4S/c1-21-20(22-10-9-15-14-24-19-8-3-2-7-18(15)19)23-11-12-25-31(29,30)17-6-4-5-16(13-17)26(27)28/h2-8,13-14,24-25H,9-12H2,1H3,(H2,21,22,23). The zero-order chi connectivity index (χ0) is 22.3. The van der Waals surface area contributed by atoms with E-state index in [4.69, 9.17) is 0 Å². The number of nitro benzene ring substituents is 1. The molecule has 164 valence electrons. The lowest BCUT2D eigenvalue weighted by atomic mass is 10.1. The van der Waals surface area contributed by atoms with Crippen LogP contribution in [0, 0.1) is 10.1 Å². The van der Waals surface area contributed by atoms with Gasteiger partial charge in [0.25, 0.3) is 5.69 Å². The topological polar surface area (TPSA) is 142 Å². The predicted octanol–water partition coefficient (Wildman–Crippen LogP) is 1.76. The molecule has 0 amide bonds. The van der Waals surface area contributed by atoms with Crippen molar-refractivity contribution in [2.24, 2.45) is 4.99 Å². The number of sulfonamides is 1. The maximum absolute atomic E-state index is 12.3. The van der Waals surface area contributed by atoms with Gasteiger partial charge in [0, 0.05) is 55.9 Å². The molecule has 31 heavy (non-hydrogen) atoms. The highest BCUT2D eigenvalue weighted by atomic mass is 32.2. The Morgan fingerprint density at radius 2 is 1.87 bits per heavy atom. The SMILES string of the molecule is CN=C(NCCNS(=O)(=O)c1cccc([N+](=O)[O-])c1)NCCc1c[nH]c2ccccc12. The van der Waals surface area contributed by atoms with Gasteiger partial charge < -0.3 is 15.6 Å². The fraction of sp³-hybridized carbons (Fsp3) is 0.250. The number of nitrogens with zero attached hydrogens (tertiary/aromatic N) is 2. The second kappa shape index (κ2) is 10.0. The van der Waals surface area contributed by atoms with Crippen LogP contribution in [0.2, 0.25) is 0 Å². The van der Waals surface area contributed by atoms with Crippen LogP contribution in [0.3, 0.4) is 0 Å². The Morgan fingerprint density at radius 3 is 2.65 bits per heavy atom. The van der Waals surface area contributed by atoms with Gasteiger partial charge in [-0.25, -0.2) is 13.1 Å². The molecule has 0 saturated carbocycles. The molecule has 0 aliphatic rings. The highest BCUT2D eigenvalue weighted by Crippen LogP contribution is 2.18. The van der Waals surface area contributed by atoms with Crippen molar-refractivity contribution in [3.63, 3.8) is 0 Å². The lowest BCUT2D eigenvalue weighted by Crippen LogP contribution is -2.42. The van der Waals surface area contributed by atoms with E-state index in [0.717, 1.165) is 18.0 Å². The maximum atomic E-state index is 12.3. The minimum absolute atomic E-state index is 0.0914. The van der Waals surface area contributed by atoms with E-state index in [-0.39, 0.29) is 17.1 Å². The highest BCUT2D eigenvalue weighted by Gasteiger charge is 2.17. The quantitative estimate of drug-likeness (QED) is 0.130. The number of hydrogen-bond acceptors (Lipinski definition) is 5. The number of nitro groups is 1. The molecule has 0 fully saturated rings. The van der Waals surface area contributed by atoms with Crippen LogP contribution in [0.5, 0.6) is 0 Å². The largest absolute Gasteiger partial charge is 0.361 e. The molecule has 2 aromatic carbocycles. The summed E-state index contributed by atoms with van der Waals surface area (Å²) in [6.45, 7) is 1.04. The molecule has 1 heterocycles. The minimum Gasteiger partial charge on any atom is -0.361 e. The van der Waals surface area contributed by atoms with Crippen LogP contribution in [-0.4, -0.2) is 51.0 Å². The number of aliphatic imine (C=N–C) groups is 1. The second-order valence-corrected chi connectivity index (χ2v) is 8.45. The first-order chi connectivity index (χ1) is 14.9. The minimum atomic E-state index is -3.85. The average Bonchev–Trinajstić information content (AvgIpc) is 3.18. The number of guanidine groups is 1. The van der Waals surface area contributed by atoms with Gasteiger partial charge in [0.2, 0.25) is 10.0 Å². The molecule has 10 nitrogen and oxygen atoms in total. The summed E-state index contributed by atoms with van der Waals surface area (Å²) in [5.74, 6) is 0.550. The van der Waals surface area contributed by atoms with Gasteiger partial charge >= 0.3 is 0 Å². The lowest BCUT2D eigenvalue weighted by Gasteiger charge is -2.12. The number of H-pyrrole nitrogens is 1. The molecule has 4 N–H and O–H groups in total. The Morgan fingerprint density at radius 1 is 1.10 bits per heavy atom. The normalized spacial score (nSPS) is 12.1. The smallest absolute Gasteiger partial charge is 0.270 e. The molecular formula is C20H24N6O4S. The van der Waals surface area contributed by atoms with Crippen LogP contribution in [0.1, 0.15) is 5.56 Å². The van der Waals surface area contributed by atoms with Gasteiger partial charge in [0.1, 0.15) is 0 Å². The summed E-state index contributed by atoms with van der Waals surface area (Å²) in [5, 5.41) is 18.2. The first-order valence-electron chi connectivity index (χ1n) is 9.64. The summed E-state index contributed by atoms with van der Waals surface area (Å²) in [6, 6.07) is 13.0. The van der Waals surface area contributed by atoms with E-state index in [1.54, 1.807) is 7.05 Å². The molecule has 0 unspecified atom stereocenters. The Hall–Kier alpha value is -3.44. The van der Waals surface area contributed by atoms with Crippen molar-refractivity contribution in [3.05, 3.63) is 70.4 Å². The van der Waals surface area contributed by atoms with Gasteiger partial charge in [-0.15, -0.1) is 0 Å². The van der Waals surface area contributed by atoms with E-state index in [1.165, 1.54) is 29.1 Å². The number of fused-ring (bicyclic) bond motifs is 1. The van der Waals surface area contributed by atoms with Crippen LogP contribution in [0.15, 0.2) is 64.6 Å². The molecule has 1 aromatic heterocycles. The van der Waals surface area contributed by atoms with Gasteiger partial charge in [0.15, 0.2) is 5.96 Å². The van der Waals surface area contributed by atoms with Gasteiger partial charge in [-0.05, 0) is 24.1 Å². The van der Waals surface area contributed by atoms with Crippen molar-refractivity contribution in [2.45, 2.75) is 11.3 Å². The maximum Gasteiger partial charge on any atom is 0.270 e. The Labute approximate surface area is 180 Å². The number of nitrogens with one attached hydrogen (secondary N) is 4. The van der Waals surface area contributed by atoms with Gasteiger partial charge in [0.05, 0.1) is 9.82 Å². The summed E-state index contributed by atoms with van der Waals surface area (Å²) in [4.78, 5) is 17.4. The molecule has 3 rings (SSSR count).